The van der Waals surface area contributed by atoms with Gasteiger partial charge in [0.25, 0.3) is 5.91 Å². The minimum Gasteiger partial charge on any atom is -0.439 e. The van der Waals surface area contributed by atoms with Gasteiger partial charge in [-0.2, -0.15) is 0 Å². The molecule has 0 saturated carbocycles. The summed E-state index contributed by atoms with van der Waals surface area (Å²) in [5, 5.41) is 0. The number of aromatic nitrogens is 1. The van der Waals surface area contributed by atoms with Gasteiger partial charge in [-0.25, -0.2) is 4.79 Å². The normalized spacial score (nSPS) is 22.8. The Labute approximate surface area is 172 Å². The van der Waals surface area contributed by atoms with Crippen molar-refractivity contribution < 1.29 is 14.3 Å². The number of carbonyl (C=O) groups excluding carboxylic acids is 2. The predicted octanol–water partition coefficient (Wildman–Crippen LogP) is 3.83. The molecule has 0 N–H and O–H groups in total. The molecule has 29 heavy (non-hydrogen) atoms. The smallest absolute Gasteiger partial charge is 0.411 e. The van der Waals surface area contributed by atoms with Gasteiger partial charge in [0, 0.05) is 37.6 Å². The molecule has 6 heteroatoms. The third-order valence-electron chi connectivity index (χ3n) is 6.59. The Morgan fingerprint density at radius 3 is 2.34 bits per heavy atom. The van der Waals surface area contributed by atoms with E-state index in [1.54, 1.807) is 0 Å². The van der Waals surface area contributed by atoms with Crippen LogP contribution in [0.1, 0.15) is 53.2 Å². The van der Waals surface area contributed by atoms with Crippen molar-refractivity contribution in [3.05, 3.63) is 58.9 Å². The van der Waals surface area contributed by atoms with E-state index < -0.39 is 0 Å². The molecule has 0 spiro atoms. The lowest BCUT2D eigenvalue weighted by Crippen LogP contribution is -2.49. The molecule has 4 rings (SSSR count). The van der Waals surface area contributed by atoms with Crippen molar-refractivity contribution in [1.29, 1.82) is 0 Å². The molecule has 154 valence electrons. The highest BCUT2D eigenvalue weighted by Crippen LogP contribution is 2.36. The summed E-state index contributed by atoms with van der Waals surface area (Å²) in [6, 6.07) is 12.0. The van der Waals surface area contributed by atoms with Gasteiger partial charge in [-0.05, 0) is 45.2 Å². The fourth-order valence-electron chi connectivity index (χ4n) is 4.64. The lowest BCUT2D eigenvalue weighted by atomic mass is 9.98. The van der Waals surface area contributed by atoms with Crippen LogP contribution in [0.2, 0.25) is 0 Å². The van der Waals surface area contributed by atoms with Crippen LogP contribution >= 0.6 is 0 Å². The van der Waals surface area contributed by atoms with Crippen LogP contribution in [0.4, 0.5) is 4.79 Å². The van der Waals surface area contributed by atoms with Gasteiger partial charge < -0.3 is 14.2 Å². The number of nitrogens with zero attached hydrogens (tertiary/aromatic N) is 3. The Balaban J connectivity index is 1.42. The van der Waals surface area contributed by atoms with Gasteiger partial charge in [-0.1, -0.05) is 30.3 Å². The summed E-state index contributed by atoms with van der Waals surface area (Å²) in [7, 11) is 1.98. The number of hydrogen-bond acceptors (Lipinski definition) is 3. The number of ether oxygens (including phenoxy) is 1. The van der Waals surface area contributed by atoms with Crippen LogP contribution in [0, 0.1) is 13.8 Å². The number of hydrogen-bond donors (Lipinski definition) is 0. The van der Waals surface area contributed by atoms with Crippen LogP contribution < -0.4 is 0 Å². The second kappa shape index (κ2) is 7.58. The van der Waals surface area contributed by atoms with Crippen LogP contribution in [-0.4, -0.2) is 51.5 Å². The zero-order chi connectivity index (χ0) is 20.7. The molecule has 3 heterocycles. The molecule has 0 radical (unpaired) electrons. The summed E-state index contributed by atoms with van der Waals surface area (Å²) in [5.41, 5.74) is 3.89. The Hall–Kier alpha value is -2.76. The maximum atomic E-state index is 13.0. The monoisotopic (exact) mass is 395 g/mol. The summed E-state index contributed by atoms with van der Waals surface area (Å²) >= 11 is 0. The summed E-state index contributed by atoms with van der Waals surface area (Å²) in [6.07, 6.45) is 1.07. The van der Waals surface area contributed by atoms with E-state index in [-0.39, 0.29) is 30.2 Å². The van der Waals surface area contributed by atoms with E-state index in [0.29, 0.717) is 13.1 Å². The van der Waals surface area contributed by atoms with Crippen molar-refractivity contribution in [2.75, 3.05) is 13.1 Å². The number of carbonyl (C=O) groups is 2. The average molecular weight is 396 g/mol. The highest BCUT2D eigenvalue weighted by atomic mass is 16.6. The maximum Gasteiger partial charge on any atom is 0.411 e. The van der Waals surface area contributed by atoms with E-state index in [1.165, 1.54) is 0 Å². The van der Waals surface area contributed by atoms with Gasteiger partial charge >= 0.3 is 6.09 Å². The van der Waals surface area contributed by atoms with E-state index in [1.807, 2.05) is 71.7 Å². The molecule has 2 amide bonds. The van der Waals surface area contributed by atoms with Crippen molar-refractivity contribution in [3.63, 3.8) is 0 Å². The molecule has 2 fully saturated rings. The number of piperidine rings is 1. The van der Waals surface area contributed by atoms with E-state index >= 15 is 0 Å². The van der Waals surface area contributed by atoms with E-state index in [0.717, 1.165) is 35.4 Å². The van der Waals surface area contributed by atoms with E-state index in [9.17, 15) is 9.59 Å². The first-order valence-electron chi connectivity index (χ1n) is 10.3. The molecule has 0 bridgehead atoms. The van der Waals surface area contributed by atoms with Crippen LogP contribution in [0.15, 0.2) is 36.4 Å². The van der Waals surface area contributed by atoms with Gasteiger partial charge in [0.2, 0.25) is 0 Å². The molecule has 2 aliphatic rings. The number of likely N-dealkylation sites (tertiary alicyclic amines) is 1. The standard InChI is InChI=1S/C23H29N3O3/c1-15-14-20(16(2)24(15)4)22(27)25-12-10-19(11-13-25)26-17(3)21(29-23(26)28)18-8-6-5-7-9-18/h5-9,14,17,19,21H,10-13H2,1-4H3/t17-,21-/m1/s1. The second-order valence-corrected chi connectivity index (χ2v) is 8.23. The summed E-state index contributed by atoms with van der Waals surface area (Å²) in [6.45, 7) is 7.36. The number of cyclic esters (lactones) is 1. The van der Waals surface area contributed by atoms with Gasteiger partial charge in [0.05, 0.1) is 11.6 Å². The summed E-state index contributed by atoms with van der Waals surface area (Å²) in [5.74, 6) is 0.0869. The molecule has 6 nitrogen and oxygen atoms in total. The first-order valence-corrected chi connectivity index (χ1v) is 10.3. The molecule has 0 aliphatic carbocycles. The zero-order valence-corrected chi connectivity index (χ0v) is 17.6. The first-order chi connectivity index (χ1) is 13.9. The number of amides is 2. The molecule has 2 aliphatic heterocycles. The molecular weight excluding hydrogens is 366 g/mol. The average Bonchev–Trinajstić information content (AvgIpc) is 3.18. The van der Waals surface area contributed by atoms with Gasteiger partial charge in [-0.15, -0.1) is 0 Å². The van der Waals surface area contributed by atoms with E-state index in [4.69, 9.17) is 4.74 Å². The van der Waals surface area contributed by atoms with Crippen LogP contribution in [0.5, 0.6) is 0 Å². The van der Waals surface area contributed by atoms with Crippen LogP contribution in [-0.2, 0) is 11.8 Å². The quantitative estimate of drug-likeness (QED) is 0.794. The highest BCUT2D eigenvalue weighted by Gasteiger charge is 2.44. The van der Waals surface area contributed by atoms with Crippen LogP contribution in [0.3, 0.4) is 0 Å². The molecule has 1 aromatic heterocycles. The van der Waals surface area contributed by atoms with Crippen molar-refractivity contribution in [2.24, 2.45) is 7.05 Å². The molecule has 2 atom stereocenters. The van der Waals surface area contributed by atoms with Crippen molar-refractivity contribution in [2.45, 2.75) is 51.8 Å². The van der Waals surface area contributed by atoms with Crippen molar-refractivity contribution >= 4 is 12.0 Å². The Kier molecular flexibility index (Phi) is 5.11. The molecule has 1 aromatic carbocycles. The lowest BCUT2D eigenvalue weighted by molar-refractivity contribution is 0.0640. The van der Waals surface area contributed by atoms with Gasteiger partial charge in [0.15, 0.2) is 0 Å². The third-order valence-corrected chi connectivity index (χ3v) is 6.59. The Morgan fingerprint density at radius 2 is 1.76 bits per heavy atom. The fourth-order valence-corrected chi connectivity index (χ4v) is 4.64. The van der Waals surface area contributed by atoms with Gasteiger partial charge in [-0.3, -0.25) is 9.69 Å². The highest BCUT2D eigenvalue weighted by molar-refractivity contribution is 5.95. The molecular formula is C23H29N3O3. The molecule has 0 unspecified atom stereocenters. The van der Waals surface area contributed by atoms with Crippen molar-refractivity contribution in [1.82, 2.24) is 14.4 Å². The Bertz CT molecular complexity index is 913. The zero-order valence-electron chi connectivity index (χ0n) is 17.6. The lowest BCUT2D eigenvalue weighted by Gasteiger charge is -2.37. The topological polar surface area (TPSA) is 54.8 Å². The Morgan fingerprint density at radius 1 is 1.10 bits per heavy atom. The number of benzene rings is 1. The summed E-state index contributed by atoms with van der Waals surface area (Å²) < 4.78 is 7.75. The van der Waals surface area contributed by atoms with Gasteiger partial charge in [0.1, 0.15) is 6.10 Å². The molecule has 2 saturated heterocycles. The van der Waals surface area contributed by atoms with Crippen LogP contribution in [0.25, 0.3) is 0 Å². The molecule has 2 aromatic rings. The first kappa shape index (κ1) is 19.6. The third kappa shape index (κ3) is 3.41. The number of rotatable bonds is 3. The van der Waals surface area contributed by atoms with E-state index in [2.05, 4.69) is 6.92 Å². The fraction of sp³-hybridized carbons (Fsp3) is 0.478. The predicted molar refractivity (Wildman–Crippen MR) is 111 cm³/mol. The largest absolute Gasteiger partial charge is 0.439 e. The minimum absolute atomic E-state index is 0.0174. The maximum absolute atomic E-state index is 13.0. The van der Waals surface area contributed by atoms with Crippen molar-refractivity contribution in [3.8, 4) is 0 Å². The summed E-state index contributed by atoms with van der Waals surface area (Å²) in [4.78, 5) is 29.4. The SMILES string of the molecule is Cc1cc(C(=O)N2CCC(N3C(=O)O[C@@H](c4ccccc4)[C@H]3C)CC2)c(C)n1C. The minimum atomic E-state index is -0.245. The number of aryl methyl sites for hydroxylation is 1. The second-order valence-electron chi connectivity index (χ2n) is 8.23.